The average molecular weight is 338 g/mol. The maximum Gasteiger partial charge on any atom is 0.343 e. The third-order valence-electron chi connectivity index (χ3n) is 3.29. The standard InChI is InChI=1S/C17H18N6O2/c1-3-25-16(24)14-10-18-17(23-11-12(2)9-19-23)20-15(14)22-21-13-7-5-4-6-8-13/h4-11,21H,3H2,1-2H3,(H,18,20,22). The summed E-state index contributed by atoms with van der Waals surface area (Å²) < 4.78 is 6.60. The second kappa shape index (κ2) is 7.43. The van der Waals surface area contributed by atoms with Crippen molar-refractivity contribution in [1.82, 2.24) is 19.7 Å². The zero-order valence-electron chi connectivity index (χ0n) is 13.9. The molecular formula is C17H18N6O2. The van der Waals surface area contributed by atoms with Gasteiger partial charge in [0, 0.05) is 12.4 Å². The van der Waals surface area contributed by atoms with Gasteiger partial charge in [-0.3, -0.25) is 10.9 Å². The molecule has 0 aliphatic carbocycles. The average Bonchev–Trinajstić information content (AvgIpc) is 3.07. The molecule has 0 fully saturated rings. The van der Waals surface area contributed by atoms with Gasteiger partial charge in [-0.1, -0.05) is 18.2 Å². The molecule has 0 saturated heterocycles. The molecule has 0 aliphatic heterocycles. The van der Waals surface area contributed by atoms with Crippen molar-refractivity contribution in [3.8, 4) is 5.95 Å². The molecule has 0 bridgehead atoms. The van der Waals surface area contributed by atoms with Crippen LogP contribution in [0.15, 0.2) is 48.9 Å². The molecule has 0 saturated carbocycles. The first kappa shape index (κ1) is 16.4. The fourth-order valence-corrected chi connectivity index (χ4v) is 2.11. The van der Waals surface area contributed by atoms with Crippen molar-refractivity contribution in [2.24, 2.45) is 0 Å². The number of rotatable bonds is 6. The number of aryl methyl sites for hydroxylation is 1. The molecule has 8 heteroatoms. The van der Waals surface area contributed by atoms with Gasteiger partial charge in [0.15, 0.2) is 5.82 Å². The maximum absolute atomic E-state index is 12.1. The summed E-state index contributed by atoms with van der Waals surface area (Å²) in [5.74, 6) is 0.155. The van der Waals surface area contributed by atoms with Gasteiger partial charge in [0.05, 0.1) is 18.5 Å². The molecule has 0 atom stereocenters. The van der Waals surface area contributed by atoms with E-state index in [0.717, 1.165) is 11.3 Å². The molecule has 25 heavy (non-hydrogen) atoms. The number of para-hydroxylation sites is 1. The summed E-state index contributed by atoms with van der Waals surface area (Å²) in [5.41, 5.74) is 7.99. The van der Waals surface area contributed by atoms with E-state index in [9.17, 15) is 4.79 Å². The predicted octanol–water partition coefficient (Wildman–Crippen LogP) is 2.59. The fourth-order valence-electron chi connectivity index (χ4n) is 2.11. The Kier molecular flexibility index (Phi) is 4.89. The van der Waals surface area contributed by atoms with Crippen LogP contribution in [0.4, 0.5) is 11.5 Å². The minimum absolute atomic E-state index is 0.234. The molecule has 1 aromatic carbocycles. The van der Waals surface area contributed by atoms with Crippen LogP contribution >= 0.6 is 0 Å². The van der Waals surface area contributed by atoms with E-state index < -0.39 is 5.97 Å². The van der Waals surface area contributed by atoms with Gasteiger partial charge in [-0.15, -0.1) is 0 Å². The summed E-state index contributed by atoms with van der Waals surface area (Å²) in [4.78, 5) is 20.7. The Hall–Kier alpha value is -3.42. The summed E-state index contributed by atoms with van der Waals surface area (Å²) >= 11 is 0. The quantitative estimate of drug-likeness (QED) is 0.527. The zero-order chi connectivity index (χ0) is 17.6. The number of hydrazine groups is 1. The van der Waals surface area contributed by atoms with Gasteiger partial charge >= 0.3 is 5.97 Å². The van der Waals surface area contributed by atoms with Crippen molar-refractivity contribution in [2.45, 2.75) is 13.8 Å². The van der Waals surface area contributed by atoms with Gasteiger partial charge in [0.1, 0.15) is 5.56 Å². The van der Waals surface area contributed by atoms with E-state index >= 15 is 0 Å². The first-order valence-corrected chi connectivity index (χ1v) is 7.80. The number of carbonyl (C=O) groups excluding carboxylic acids is 1. The maximum atomic E-state index is 12.1. The number of carbonyl (C=O) groups is 1. The predicted molar refractivity (Wildman–Crippen MR) is 93.5 cm³/mol. The molecule has 2 heterocycles. The highest BCUT2D eigenvalue weighted by Gasteiger charge is 2.17. The second-order valence-electron chi connectivity index (χ2n) is 5.23. The molecule has 0 amide bonds. The van der Waals surface area contributed by atoms with E-state index in [1.165, 1.54) is 10.9 Å². The SMILES string of the molecule is CCOC(=O)c1cnc(-n2cc(C)cn2)nc1NNc1ccccc1. The third-order valence-corrected chi connectivity index (χ3v) is 3.29. The molecule has 0 spiro atoms. The topological polar surface area (TPSA) is 94.0 Å². The van der Waals surface area contributed by atoms with Crippen LogP contribution in [0.1, 0.15) is 22.8 Å². The summed E-state index contributed by atoms with van der Waals surface area (Å²) in [7, 11) is 0. The van der Waals surface area contributed by atoms with Gasteiger partial charge in [0.25, 0.3) is 5.95 Å². The lowest BCUT2D eigenvalue weighted by Crippen LogP contribution is -2.17. The van der Waals surface area contributed by atoms with Crippen LogP contribution in [0.25, 0.3) is 5.95 Å². The first-order chi connectivity index (χ1) is 12.2. The highest BCUT2D eigenvalue weighted by molar-refractivity contribution is 5.94. The summed E-state index contributed by atoms with van der Waals surface area (Å²) in [5, 5.41) is 4.18. The number of nitrogens with one attached hydrogen (secondary N) is 2. The highest BCUT2D eigenvalue weighted by Crippen LogP contribution is 2.16. The highest BCUT2D eigenvalue weighted by atomic mass is 16.5. The lowest BCUT2D eigenvalue weighted by atomic mass is 10.3. The zero-order valence-corrected chi connectivity index (χ0v) is 13.9. The fraction of sp³-hybridized carbons (Fsp3) is 0.176. The van der Waals surface area contributed by atoms with Gasteiger partial charge in [-0.05, 0) is 31.5 Å². The van der Waals surface area contributed by atoms with E-state index in [-0.39, 0.29) is 12.2 Å². The number of hydrogen-bond acceptors (Lipinski definition) is 7. The van der Waals surface area contributed by atoms with E-state index in [2.05, 4.69) is 25.9 Å². The molecule has 8 nitrogen and oxygen atoms in total. The smallest absolute Gasteiger partial charge is 0.343 e. The number of ether oxygens (including phenoxy) is 1. The van der Waals surface area contributed by atoms with Gasteiger partial charge in [-0.2, -0.15) is 10.1 Å². The number of benzene rings is 1. The molecule has 2 N–H and O–H groups in total. The Morgan fingerprint density at radius 2 is 2.00 bits per heavy atom. The van der Waals surface area contributed by atoms with Crippen molar-refractivity contribution < 1.29 is 9.53 Å². The molecule has 0 aliphatic rings. The third kappa shape index (κ3) is 3.92. The normalized spacial score (nSPS) is 10.3. The Balaban J connectivity index is 1.91. The van der Waals surface area contributed by atoms with Crippen LogP contribution in [-0.2, 0) is 4.74 Å². The van der Waals surface area contributed by atoms with Crippen LogP contribution in [0.5, 0.6) is 0 Å². The molecule has 3 rings (SSSR count). The van der Waals surface area contributed by atoms with Crippen LogP contribution in [0.2, 0.25) is 0 Å². The van der Waals surface area contributed by atoms with Crippen LogP contribution in [-0.4, -0.2) is 32.3 Å². The van der Waals surface area contributed by atoms with Crippen LogP contribution < -0.4 is 10.9 Å². The molecule has 3 aromatic rings. The monoisotopic (exact) mass is 338 g/mol. The van der Waals surface area contributed by atoms with Crippen molar-refractivity contribution in [2.75, 3.05) is 17.5 Å². The Morgan fingerprint density at radius 3 is 2.68 bits per heavy atom. The Morgan fingerprint density at radius 1 is 1.20 bits per heavy atom. The van der Waals surface area contributed by atoms with Crippen molar-refractivity contribution in [3.63, 3.8) is 0 Å². The minimum Gasteiger partial charge on any atom is -0.462 e. The van der Waals surface area contributed by atoms with E-state index in [1.54, 1.807) is 19.3 Å². The van der Waals surface area contributed by atoms with Gasteiger partial charge in [-0.25, -0.2) is 14.5 Å². The number of anilines is 2. The second-order valence-corrected chi connectivity index (χ2v) is 5.23. The molecule has 0 unspecified atom stereocenters. The van der Waals surface area contributed by atoms with Crippen molar-refractivity contribution in [3.05, 3.63) is 60.0 Å². The van der Waals surface area contributed by atoms with E-state index in [1.807, 2.05) is 37.3 Å². The van der Waals surface area contributed by atoms with E-state index in [0.29, 0.717) is 11.8 Å². The summed E-state index contributed by atoms with van der Waals surface area (Å²) in [6.45, 7) is 3.94. The number of esters is 1. The van der Waals surface area contributed by atoms with Crippen LogP contribution in [0, 0.1) is 6.92 Å². The lowest BCUT2D eigenvalue weighted by Gasteiger charge is -2.13. The van der Waals surface area contributed by atoms with Gasteiger partial charge < -0.3 is 4.74 Å². The molecule has 128 valence electrons. The minimum atomic E-state index is -0.497. The summed E-state index contributed by atoms with van der Waals surface area (Å²) in [6, 6.07) is 9.48. The van der Waals surface area contributed by atoms with Gasteiger partial charge in [0.2, 0.25) is 0 Å². The summed E-state index contributed by atoms with van der Waals surface area (Å²) in [6.07, 6.45) is 4.93. The lowest BCUT2D eigenvalue weighted by molar-refractivity contribution is 0.0526. The molecule has 2 aromatic heterocycles. The Labute approximate surface area is 144 Å². The first-order valence-electron chi connectivity index (χ1n) is 7.80. The van der Waals surface area contributed by atoms with Crippen molar-refractivity contribution in [1.29, 1.82) is 0 Å². The number of nitrogens with zero attached hydrogens (tertiary/aromatic N) is 4. The van der Waals surface area contributed by atoms with Crippen LogP contribution in [0.3, 0.4) is 0 Å². The Bertz CT molecular complexity index is 863. The molecule has 0 radical (unpaired) electrons. The number of aromatic nitrogens is 4. The van der Waals surface area contributed by atoms with E-state index in [4.69, 9.17) is 4.74 Å². The molecular weight excluding hydrogens is 320 g/mol. The number of hydrogen-bond donors (Lipinski definition) is 2. The largest absolute Gasteiger partial charge is 0.462 e. The van der Waals surface area contributed by atoms with Crippen molar-refractivity contribution >= 4 is 17.5 Å².